The minimum absolute atomic E-state index is 0.373. The minimum atomic E-state index is -0.373. The molecule has 3 heteroatoms. The van der Waals surface area contributed by atoms with Gasteiger partial charge < -0.3 is 4.74 Å². The Hall–Kier alpha value is -2.94. The Morgan fingerprint density at radius 1 is 0.955 bits per heavy atom. The number of nitrogens with zero attached hydrogens (tertiary/aromatic N) is 1. The number of hydrogen-bond donors (Lipinski definition) is 0. The van der Waals surface area contributed by atoms with Gasteiger partial charge in [-0.25, -0.2) is 4.79 Å². The predicted molar refractivity (Wildman–Crippen MR) is 85.8 cm³/mol. The average Bonchev–Trinajstić information content (AvgIpc) is 2.58. The second kappa shape index (κ2) is 6.22. The average molecular weight is 289 g/mol. The molecule has 0 aliphatic rings. The van der Waals surface area contributed by atoms with Crippen LogP contribution in [0.1, 0.15) is 15.9 Å². The molecule has 0 saturated heterocycles. The standard InChI is InChI=1S/C19H15NO2/c1-14-10-11-18(16(13-14)17-9-5-6-12-20-17)22-19(21)15-7-3-2-4-8-15/h2-13H,1H3. The highest BCUT2D eigenvalue weighted by atomic mass is 16.5. The van der Waals surface area contributed by atoms with Crippen LogP contribution < -0.4 is 4.74 Å². The number of aromatic nitrogens is 1. The van der Waals surface area contributed by atoms with E-state index < -0.39 is 0 Å². The fourth-order valence-corrected chi connectivity index (χ4v) is 2.19. The summed E-state index contributed by atoms with van der Waals surface area (Å²) in [7, 11) is 0. The Bertz CT molecular complexity index is 783. The number of ether oxygens (including phenoxy) is 1. The van der Waals surface area contributed by atoms with Gasteiger partial charge in [-0.05, 0) is 43.3 Å². The van der Waals surface area contributed by atoms with Gasteiger partial charge in [-0.3, -0.25) is 4.98 Å². The normalized spacial score (nSPS) is 10.2. The van der Waals surface area contributed by atoms with Crippen LogP contribution in [0, 0.1) is 6.92 Å². The SMILES string of the molecule is Cc1ccc(OC(=O)c2ccccc2)c(-c2ccccn2)c1. The molecule has 1 aromatic heterocycles. The maximum absolute atomic E-state index is 12.2. The quantitative estimate of drug-likeness (QED) is 0.533. The molecule has 3 rings (SSSR count). The van der Waals surface area contributed by atoms with Gasteiger partial charge in [-0.2, -0.15) is 0 Å². The predicted octanol–water partition coefficient (Wildman–Crippen LogP) is 4.28. The van der Waals surface area contributed by atoms with Crippen LogP contribution in [-0.4, -0.2) is 11.0 Å². The first-order valence-corrected chi connectivity index (χ1v) is 7.03. The van der Waals surface area contributed by atoms with Crippen molar-refractivity contribution in [3.05, 3.63) is 84.1 Å². The highest BCUT2D eigenvalue weighted by Crippen LogP contribution is 2.30. The van der Waals surface area contributed by atoms with Crippen molar-refractivity contribution in [3.63, 3.8) is 0 Å². The van der Waals surface area contributed by atoms with E-state index in [0.29, 0.717) is 11.3 Å². The van der Waals surface area contributed by atoms with Crippen LogP contribution in [0.25, 0.3) is 11.3 Å². The van der Waals surface area contributed by atoms with Crippen molar-refractivity contribution in [3.8, 4) is 17.0 Å². The van der Waals surface area contributed by atoms with Gasteiger partial charge in [-0.1, -0.05) is 35.9 Å². The van der Waals surface area contributed by atoms with E-state index in [1.54, 1.807) is 24.4 Å². The number of carbonyl (C=O) groups is 1. The molecule has 3 nitrogen and oxygen atoms in total. The van der Waals surface area contributed by atoms with Gasteiger partial charge in [0.25, 0.3) is 0 Å². The fraction of sp³-hybridized carbons (Fsp3) is 0.0526. The number of aryl methyl sites for hydroxylation is 1. The molecule has 108 valence electrons. The van der Waals surface area contributed by atoms with Crippen molar-refractivity contribution in [2.75, 3.05) is 0 Å². The lowest BCUT2D eigenvalue weighted by atomic mass is 10.1. The van der Waals surface area contributed by atoms with Crippen molar-refractivity contribution >= 4 is 5.97 Å². The smallest absolute Gasteiger partial charge is 0.343 e. The molecule has 0 unspecified atom stereocenters. The number of pyridine rings is 1. The second-order valence-electron chi connectivity index (χ2n) is 4.97. The lowest BCUT2D eigenvalue weighted by Gasteiger charge is -2.10. The van der Waals surface area contributed by atoms with E-state index in [1.165, 1.54) is 0 Å². The largest absolute Gasteiger partial charge is 0.422 e. The van der Waals surface area contributed by atoms with E-state index in [-0.39, 0.29) is 5.97 Å². The Labute approximate surface area is 129 Å². The van der Waals surface area contributed by atoms with Crippen molar-refractivity contribution < 1.29 is 9.53 Å². The summed E-state index contributed by atoms with van der Waals surface area (Å²) in [5, 5.41) is 0. The van der Waals surface area contributed by atoms with Gasteiger partial charge in [0, 0.05) is 11.8 Å². The number of carbonyl (C=O) groups excluding carboxylic acids is 1. The zero-order valence-electron chi connectivity index (χ0n) is 12.2. The van der Waals surface area contributed by atoms with Crippen LogP contribution in [0.5, 0.6) is 5.75 Å². The van der Waals surface area contributed by atoms with Crippen molar-refractivity contribution in [1.29, 1.82) is 0 Å². The van der Waals surface area contributed by atoms with E-state index in [2.05, 4.69) is 4.98 Å². The molecular weight excluding hydrogens is 274 g/mol. The molecular formula is C19H15NO2. The molecule has 0 fully saturated rings. The molecule has 0 aliphatic carbocycles. The third kappa shape index (κ3) is 3.04. The molecule has 0 N–H and O–H groups in total. The van der Waals surface area contributed by atoms with Crippen molar-refractivity contribution in [1.82, 2.24) is 4.98 Å². The van der Waals surface area contributed by atoms with Crippen LogP contribution in [0.2, 0.25) is 0 Å². The van der Waals surface area contributed by atoms with Gasteiger partial charge in [-0.15, -0.1) is 0 Å². The number of rotatable bonds is 3. The highest BCUT2D eigenvalue weighted by Gasteiger charge is 2.13. The summed E-state index contributed by atoms with van der Waals surface area (Å²) in [6.45, 7) is 2.00. The van der Waals surface area contributed by atoms with Gasteiger partial charge in [0.2, 0.25) is 0 Å². The Kier molecular flexibility index (Phi) is 3.97. The molecule has 1 heterocycles. The molecule has 0 saturated carbocycles. The zero-order chi connectivity index (χ0) is 15.4. The van der Waals surface area contributed by atoms with E-state index >= 15 is 0 Å². The first kappa shape index (κ1) is 14.0. The Morgan fingerprint density at radius 3 is 2.45 bits per heavy atom. The molecule has 0 aliphatic heterocycles. The van der Waals surface area contributed by atoms with E-state index in [4.69, 9.17) is 4.74 Å². The molecule has 3 aromatic rings. The first-order valence-electron chi connectivity index (χ1n) is 7.03. The molecule has 0 bridgehead atoms. The van der Waals surface area contributed by atoms with Gasteiger partial charge in [0.1, 0.15) is 5.75 Å². The molecule has 22 heavy (non-hydrogen) atoms. The number of esters is 1. The lowest BCUT2D eigenvalue weighted by molar-refractivity contribution is 0.0735. The third-order valence-electron chi connectivity index (χ3n) is 3.29. The zero-order valence-corrected chi connectivity index (χ0v) is 12.2. The van der Waals surface area contributed by atoms with Crippen LogP contribution in [0.15, 0.2) is 72.9 Å². The lowest BCUT2D eigenvalue weighted by Crippen LogP contribution is -2.09. The summed E-state index contributed by atoms with van der Waals surface area (Å²) in [4.78, 5) is 16.6. The van der Waals surface area contributed by atoms with Gasteiger partial charge >= 0.3 is 5.97 Å². The molecule has 0 atom stereocenters. The maximum atomic E-state index is 12.2. The molecule has 0 amide bonds. The second-order valence-corrected chi connectivity index (χ2v) is 4.97. The topological polar surface area (TPSA) is 39.2 Å². The van der Waals surface area contributed by atoms with Crippen LogP contribution in [-0.2, 0) is 0 Å². The van der Waals surface area contributed by atoms with E-state index in [9.17, 15) is 4.79 Å². The maximum Gasteiger partial charge on any atom is 0.343 e. The molecule has 0 spiro atoms. The van der Waals surface area contributed by atoms with Gasteiger partial charge in [0.05, 0.1) is 11.3 Å². The van der Waals surface area contributed by atoms with Crippen LogP contribution in [0.3, 0.4) is 0 Å². The van der Waals surface area contributed by atoms with Crippen LogP contribution >= 0.6 is 0 Å². The summed E-state index contributed by atoms with van der Waals surface area (Å²) < 4.78 is 5.56. The fourth-order valence-electron chi connectivity index (χ4n) is 2.19. The Balaban J connectivity index is 1.96. The van der Waals surface area contributed by atoms with E-state index in [1.807, 2.05) is 55.5 Å². The molecule has 0 radical (unpaired) electrons. The number of hydrogen-bond acceptors (Lipinski definition) is 3. The summed E-state index contributed by atoms with van der Waals surface area (Å²) in [6.07, 6.45) is 1.72. The summed E-state index contributed by atoms with van der Waals surface area (Å²) in [6, 6.07) is 20.3. The van der Waals surface area contributed by atoms with Crippen molar-refractivity contribution in [2.24, 2.45) is 0 Å². The minimum Gasteiger partial charge on any atom is -0.422 e. The first-order chi connectivity index (χ1) is 10.7. The Morgan fingerprint density at radius 2 is 1.73 bits per heavy atom. The van der Waals surface area contributed by atoms with Crippen LogP contribution in [0.4, 0.5) is 0 Å². The monoisotopic (exact) mass is 289 g/mol. The van der Waals surface area contributed by atoms with Crippen molar-refractivity contribution in [2.45, 2.75) is 6.92 Å². The summed E-state index contributed by atoms with van der Waals surface area (Å²) >= 11 is 0. The molecule has 2 aromatic carbocycles. The van der Waals surface area contributed by atoms with Gasteiger partial charge in [0.15, 0.2) is 0 Å². The third-order valence-corrected chi connectivity index (χ3v) is 3.29. The summed E-state index contributed by atoms with van der Waals surface area (Å²) in [5.74, 6) is 0.139. The van der Waals surface area contributed by atoms with E-state index in [0.717, 1.165) is 16.8 Å². The number of benzene rings is 2. The highest BCUT2D eigenvalue weighted by molar-refractivity contribution is 5.92. The summed E-state index contributed by atoms with van der Waals surface area (Å²) in [5.41, 5.74) is 3.20.